The van der Waals surface area contributed by atoms with Crippen molar-refractivity contribution in [3.8, 4) is 0 Å². The lowest BCUT2D eigenvalue weighted by Gasteiger charge is -1.94. The number of nitrogens with two attached hydrogens (primary N) is 1. The molecule has 4 heteroatoms. The predicted octanol–water partition coefficient (Wildman–Crippen LogP) is 2.50. The molecule has 68 valence electrons. The van der Waals surface area contributed by atoms with Crippen LogP contribution in [0.5, 0.6) is 0 Å². The highest BCUT2D eigenvalue weighted by Gasteiger charge is 2.08. The molecule has 1 heterocycles. The van der Waals surface area contributed by atoms with E-state index in [9.17, 15) is 0 Å². The van der Waals surface area contributed by atoms with Crippen LogP contribution in [0.15, 0.2) is 22.6 Å². The van der Waals surface area contributed by atoms with E-state index in [1.165, 1.54) is 0 Å². The second kappa shape index (κ2) is 3.01. The maximum Gasteiger partial charge on any atom is 0.212 e. The first-order chi connectivity index (χ1) is 6.16. The number of halogens is 1. The third-order valence-electron chi connectivity index (χ3n) is 1.76. The maximum absolute atomic E-state index is 5.79. The second-order valence-corrected chi connectivity index (χ2v) is 3.39. The second-order valence-electron chi connectivity index (χ2n) is 2.95. The van der Waals surface area contributed by atoms with Gasteiger partial charge < -0.3 is 10.2 Å². The van der Waals surface area contributed by atoms with E-state index in [4.69, 9.17) is 21.8 Å². The highest BCUT2D eigenvalue weighted by Crippen LogP contribution is 2.21. The summed E-state index contributed by atoms with van der Waals surface area (Å²) < 4.78 is 5.39. The zero-order chi connectivity index (χ0) is 9.42. The Hall–Kier alpha value is -1.06. The molecule has 1 aromatic heterocycles. The van der Waals surface area contributed by atoms with Gasteiger partial charge in [-0.1, -0.05) is 11.6 Å². The number of benzene rings is 1. The van der Waals surface area contributed by atoms with E-state index in [1.54, 1.807) is 12.1 Å². The highest BCUT2D eigenvalue weighted by atomic mass is 35.5. The van der Waals surface area contributed by atoms with E-state index in [2.05, 4.69) is 4.98 Å². The normalized spacial score (nSPS) is 13.5. The summed E-state index contributed by atoms with van der Waals surface area (Å²) in [4.78, 5) is 4.20. The van der Waals surface area contributed by atoms with Gasteiger partial charge in [0.15, 0.2) is 5.58 Å². The first-order valence-electron chi connectivity index (χ1n) is 3.98. The van der Waals surface area contributed by atoms with Crippen LogP contribution < -0.4 is 5.73 Å². The molecule has 2 rings (SSSR count). The number of hydrogen-bond acceptors (Lipinski definition) is 3. The summed E-state index contributed by atoms with van der Waals surface area (Å²) >= 11 is 5.79. The van der Waals surface area contributed by atoms with Crippen LogP contribution >= 0.6 is 11.6 Å². The van der Waals surface area contributed by atoms with Crippen LogP contribution in [0.25, 0.3) is 11.1 Å². The topological polar surface area (TPSA) is 52.0 Å². The maximum atomic E-state index is 5.79. The van der Waals surface area contributed by atoms with E-state index >= 15 is 0 Å². The van der Waals surface area contributed by atoms with Crippen molar-refractivity contribution in [1.29, 1.82) is 0 Å². The molecule has 0 aliphatic rings. The lowest BCUT2D eigenvalue weighted by atomic mass is 10.3. The number of fused-ring (bicyclic) bond motifs is 1. The summed E-state index contributed by atoms with van der Waals surface area (Å²) in [7, 11) is 0. The molecular weight excluding hydrogens is 188 g/mol. The Balaban J connectivity index is 2.62. The van der Waals surface area contributed by atoms with E-state index < -0.39 is 0 Å². The minimum atomic E-state index is -0.189. The molecule has 0 aliphatic carbocycles. The summed E-state index contributed by atoms with van der Waals surface area (Å²) in [5, 5.41) is 0.639. The smallest absolute Gasteiger partial charge is 0.212 e. The Morgan fingerprint density at radius 3 is 3.00 bits per heavy atom. The highest BCUT2D eigenvalue weighted by molar-refractivity contribution is 6.31. The monoisotopic (exact) mass is 196 g/mol. The minimum Gasteiger partial charge on any atom is -0.439 e. The number of aromatic nitrogens is 1. The molecular formula is C9H9ClN2O. The molecule has 1 aromatic carbocycles. The van der Waals surface area contributed by atoms with Crippen molar-refractivity contribution in [2.45, 2.75) is 13.0 Å². The van der Waals surface area contributed by atoms with E-state index in [-0.39, 0.29) is 6.04 Å². The molecule has 13 heavy (non-hydrogen) atoms. The Morgan fingerprint density at radius 1 is 1.54 bits per heavy atom. The Bertz CT molecular complexity index is 436. The van der Waals surface area contributed by atoms with E-state index in [1.807, 2.05) is 13.0 Å². The molecule has 0 amide bonds. The minimum absolute atomic E-state index is 0.189. The third-order valence-corrected chi connectivity index (χ3v) is 1.99. The summed E-state index contributed by atoms with van der Waals surface area (Å²) in [6, 6.07) is 5.13. The van der Waals surface area contributed by atoms with E-state index in [0.29, 0.717) is 16.5 Å². The van der Waals surface area contributed by atoms with Crippen LogP contribution in [0.3, 0.4) is 0 Å². The van der Waals surface area contributed by atoms with Gasteiger partial charge >= 0.3 is 0 Å². The molecule has 0 saturated heterocycles. The number of hydrogen-bond donors (Lipinski definition) is 1. The van der Waals surface area contributed by atoms with Crippen LogP contribution in [0.4, 0.5) is 0 Å². The van der Waals surface area contributed by atoms with Crippen molar-refractivity contribution >= 4 is 22.7 Å². The SMILES string of the molecule is CC(N)c1nc2ccc(Cl)cc2o1. The molecule has 0 bridgehead atoms. The fourth-order valence-corrected chi connectivity index (χ4v) is 1.27. The van der Waals surface area contributed by atoms with Gasteiger partial charge in [-0.15, -0.1) is 0 Å². The summed E-state index contributed by atoms with van der Waals surface area (Å²) in [6.07, 6.45) is 0. The Kier molecular flexibility index (Phi) is 1.98. The van der Waals surface area contributed by atoms with Gasteiger partial charge in [-0.25, -0.2) is 4.98 Å². The Morgan fingerprint density at radius 2 is 2.31 bits per heavy atom. The quantitative estimate of drug-likeness (QED) is 0.763. The lowest BCUT2D eigenvalue weighted by Crippen LogP contribution is -2.04. The molecule has 0 aliphatic heterocycles. The van der Waals surface area contributed by atoms with E-state index in [0.717, 1.165) is 5.52 Å². The largest absolute Gasteiger partial charge is 0.439 e. The molecule has 1 unspecified atom stereocenters. The first kappa shape index (κ1) is 8.53. The van der Waals surface area contributed by atoms with Crippen LogP contribution in [0, 0.1) is 0 Å². The van der Waals surface area contributed by atoms with Gasteiger partial charge in [0, 0.05) is 11.1 Å². The number of oxazole rings is 1. The number of rotatable bonds is 1. The van der Waals surface area contributed by atoms with Gasteiger partial charge in [0.2, 0.25) is 5.89 Å². The van der Waals surface area contributed by atoms with Gasteiger partial charge in [-0.05, 0) is 19.1 Å². The summed E-state index contributed by atoms with van der Waals surface area (Å²) in [6.45, 7) is 1.83. The van der Waals surface area contributed by atoms with Crippen molar-refractivity contribution in [2.75, 3.05) is 0 Å². The van der Waals surface area contributed by atoms with Crippen molar-refractivity contribution < 1.29 is 4.42 Å². The molecule has 3 nitrogen and oxygen atoms in total. The zero-order valence-corrected chi connectivity index (χ0v) is 7.88. The fraction of sp³-hybridized carbons (Fsp3) is 0.222. The molecule has 0 saturated carbocycles. The van der Waals surface area contributed by atoms with Gasteiger partial charge in [0.1, 0.15) is 5.52 Å². The zero-order valence-electron chi connectivity index (χ0n) is 7.12. The van der Waals surface area contributed by atoms with Crippen molar-refractivity contribution in [2.24, 2.45) is 5.73 Å². The van der Waals surface area contributed by atoms with Crippen molar-refractivity contribution in [1.82, 2.24) is 4.98 Å². The molecule has 2 N–H and O–H groups in total. The third kappa shape index (κ3) is 1.53. The predicted molar refractivity (Wildman–Crippen MR) is 51.6 cm³/mol. The molecule has 0 radical (unpaired) electrons. The van der Waals surface area contributed by atoms with Gasteiger partial charge in [-0.3, -0.25) is 0 Å². The fourth-order valence-electron chi connectivity index (χ4n) is 1.11. The van der Waals surface area contributed by atoms with Crippen molar-refractivity contribution in [3.05, 3.63) is 29.1 Å². The first-order valence-corrected chi connectivity index (χ1v) is 4.36. The average Bonchev–Trinajstić information content (AvgIpc) is 2.46. The van der Waals surface area contributed by atoms with Crippen LogP contribution in [0.1, 0.15) is 18.9 Å². The molecule has 0 spiro atoms. The summed E-state index contributed by atoms with van der Waals surface area (Å²) in [5.41, 5.74) is 7.10. The van der Waals surface area contributed by atoms with Crippen LogP contribution in [-0.2, 0) is 0 Å². The average molecular weight is 197 g/mol. The van der Waals surface area contributed by atoms with Crippen molar-refractivity contribution in [3.63, 3.8) is 0 Å². The number of nitrogens with zero attached hydrogens (tertiary/aromatic N) is 1. The van der Waals surface area contributed by atoms with Gasteiger partial charge in [-0.2, -0.15) is 0 Å². The van der Waals surface area contributed by atoms with Gasteiger partial charge in [0.25, 0.3) is 0 Å². The van der Waals surface area contributed by atoms with Crippen LogP contribution in [-0.4, -0.2) is 4.98 Å². The molecule has 1 atom stereocenters. The van der Waals surface area contributed by atoms with Crippen LogP contribution in [0.2, 0.25) is 5.02 Å². The summed E-state index contributed by atoms with van der Waals surface area (Å²) in [5.74, 6) is 0.539. The van der Waals surface area contributed by atoms with Gasteiger partial charge in [0.05, 0.1) is 6.04 Å². The lowest BCUT2D eigenvalue weighted by molar-refractivity contribution is 0.493. The Labute approximate surface area is 80.5 Å². The molecule has 2 aromatic rings. The standard InChI is InChI=1S/C9H9ClN2O/c1-5(11)9-12-7-3-2-6(10)4-8(7)13-9/h2-5H,11H2,1H3. The molecule has 0 fully saturated rings.